The summed E-state index contributed by atoms with van der Waals surface area (Å²) in [7, 11) is 0. The number of hydrogen-bond donors (Lipinski definition) is 0. The van der Waals surface area contributed by atoms with E-state index in [0.29, 0.717) is 34.8 Å². The van der Waals surface area contributed by atoms with Gasteiger partial charge in [-0.05, 0) is 68.3 Å². The monoisotopic (exact) mass is 584 g/mol. The molecule has 0 spiro atoms. The first-order valence-corrected chi connectivity index (χ1v) is 14.9. The summed E-state index contributed by atoms with van der Waals surface area (Å²) >= 11 is 1.74. The molecule has 1 aliphatic carbocycles. The van der Waals surface area contributed by atoms with E-state index in [2.05, 4.69) is 30.4 Å². The molecule has 1 amide bonds. The second-order valence-corrected chi connectivity index (χ2v) is 12.2. The molecule has 1 fully saturated rings. The number of rotatable bonds is 6. The van der Waals surface area contributed by atoms with E-state index in [1.807, 2.05) is 11.0 Å². The fourth-order valence-electron chi connectivity index (χ4n) is 5.66. The molecule has 42 heavy (non-hydrogen) atoms. The van der Waals surface area contributed by atoms with E-state index >= 15 is 4.39 Å². The maximum absolute atomic E-state index is 15.5. The Morgan fingerprint density at radius 2 is 2.02 bits per heavy atom. The van der Waals surface area contributed by atoms with Crippen LogP contribution >= 0.6 is 11.3 Å². The molecule has 1 saturated carbocycles. The molecule has 0 unspecified atom stereocenters. The second-order valence-electron chi connectivity index (χ2n) is 11.2. The van der Waals surface area contributed by atoms with Crippen LogP contribution in [-0.2, 0) is 16.6 Å². The lowest BCUT2D eigenvalue weighted by Gasteiger charge is -2.33. The standard InChI is InChI=1S/C31H29FN6O3S/c1-4-41-30(40)19-16-33-37(17-19)20-5-6-22(23(32)13-20)24-15-28-34-25(14-27(38(28)35-24)31(3)9-10-31)29(39)36-11-7-26-21(18(36)2)8-12-42-26/h5-6,8,12-18H,4,7,9-11H2,1-3H3/t18-/m1/s1. The Morgan fingerprint density at radius 3 is 2.79 bits per heavy atom. The Morgan fingerprint density at radius 1 is 1.19 bits per heavy atom. The highest BCUT2D eigenvalue weighted by Crippen LogP contribution is 2.48. The van der Waals surface area contributed by atoms with Gasteiger partial charge in [0, 0.05) is 40.7 Å². The predicted octanol–water partition coefficient (Wildman–Crippen LogP) is 5.77. The number of carbonyl (C=O) groups is 2. The van der Waals surface area contributed by atoms with Crippen molar-refractivity contribution in [2.75, 3.05) is 13.2 Å². The Kier molecular flexibility index (Phi) is 6.23. The van der Waals surface area contributed by atoms with Crippen molar-refractivity contribution in [3.63, 3.8) is 0 Å². The highest BCUT2D eigenvalue weighted by molar-refractivity contribution is 7.10. The summed E-state index contributed by atoms with van der Waals surface area (Å²) in [6, 6.07) is 10.4. The topological polar surface area (TPSA) is 94.6 Å². The van der Waals surface area contributed by atoms with Crippen LogP contribution in [0.4, 0.5) is 4.39 Å². The quantitative estimate of drug-likeness (QED) is 0.235. The van der Waals surface area contributed by atoms with Gasteiger partial charge in [-0.15, -0.1) is 11.3 Å². The number of benzene rings is 1. The van der Waals surface area contributed by atoms with Gasteiger partial charge in [-0.3, -0.25) is 4.79 Å². The molecule has 5 heterocycles. The number of nitrogens with zero attached hydrogens (tertiary/aromatic N) is 6. The number of amides is 1. The third-order valence-corrected chi connectivity index (χ3v) is 9.39. The van der Waals surface area contributed by atoms with Gasteiger partial charge in [-0.2, -0.15) is 10.2 Å². The number of fused-ring (bicyclic) bond motifs is 2. The largest absolute Gasteiger partial charge is 0.462 e. The smallest absolute Gasteiger partial charge is 0.341 e. The molecule has 2 aliphatic rings. The van der Waals surface area contributed by atoms with E-state index in [1.165, 1.54) is 33.6 Å². The van der Waals surface area contributed by atoms with Gasteiger partial charge >= 0.3 is 5.97 Å². The molecule has 1 aromatic carbocycles. The number of ether oxygens (including phenoxy) is 1. The molecule has 214 valence electrons. The van der Waals surface area contributed by atoms with E-state index in [1.54, 1.807) is 41.0 Å². The highest BCUT2D eigenvalue weighted by atomic mass is 32.1. The molecule has 9 nitrogen and oxygen atoms in total. The third-order valence-electron chi connectivity index (χ3n) is 8.39. The summed E-state index contributed by atoms with van der Waals surface area (Å²) < 4.78 is 23.7. The maximum Gasteiger partial charge on any atom is 0.341 e. The first-order chi connectivity index (χ1) is 20.3. The van der Waals surface area contributed by atoms with Crippen LogP contribution in [0.1, 0.15) is 76.6 Å². The first-order valence-electron chi connectivity index (χ1n) is 14.1. The summed E-state index contributed by atoms with van der Waals surface area (Å²) in [6.07, 6.45) is 5.69. The lowest BCUT2D eigenvalue weighted by Crippen LogP contribution is -2.38. The van der Waals surface area contributed by atoms with Crippen molar-refractivity contribution < 1.29 is 18.7 Å². The second kappa shape index (κ2) is 9.87. The fraction of sp³-hybridized carbons (Fsp3) is 0.323. The molecule has 0 bridgehead atoms. The van der Waals surface area contributed by atoms with E-state index in [4.69, 9.17) is 14.8 Å². The van der Waals surface area contributed by atoms with Gasteiger partial charge in [0.2, 0.25) is 0 Å². The van der Waals surface area contributed by atoms with Crippen LogP contribution in [0.15, 0.2) is 54.2 Å². The zero-order chi connectivity index (χ0) is 29.2. The van der Waals surface area contributed by atoms with Gasteiger partial charge in [0.15, 0.2) is 5.65 Å². The number of aromatic nitrogens is 5. The molecular weight excluding hydrogens is 555 g/mol. The number of hydrogen-bond acceptors (Lipinski definition) is 7. The van der Waals surface area contributed by atoms with Crippen LogP contribution in [0.25, 0.3) is 22.6 Å². The summed E-state index contributed by atoms with van der Waals surface area (Å²) in [5.74, 6) is -1.08. The minimum atomic E-state index is -0.492. The number of carbonyl (C=O) groups excluding carboxylic acids is 2. The molecule has 0 saturated heterocycles. The molecule has 4 aromatic heterocycles. The highest BCUT2D eigenvalue weighted by Gasteiger charge is 2.42. The third kappa shape index (κ3) is 4.39. The fourth-order valence-corrected chi connectivity index (χ4v) is 6.62. The van der Waals surface area contributed by atoms with Crippen molar-refractivity contribution >= 4 is 28.9 Å². The minimum Gasteiger partial charge on any atom is -0.462 e. The van der Waals surface area contributed by atoms with Crippen LogP contribution in [-0.4, -0.2) is 54.3 Å². The Balaban J connectivity index is 1.23. The molecule has 11 heteroatoms. The average Bonchev–Trinajstić information content (AvgIpc) is 3.41. The molecular formula is C31H29FN6O3S. The van der Waals surface area contributed by atoms with Crippen LogP contribution in [0.2, 0.25) is 0 Å². The van der Waals surface area contributed by atoms with Crippen molar-refractivity contribution in [2.24, 2.45) is 0 Å². The van der Waals surface area contributed by atoms with Crippen LogP contribution in [0.5, 0.6) is 0 Å². The molecule has 1 atom stereocenters. The lowest BCUT2D eigenvalue weighted by atomic mass is 10.00. The predicted molar refractivity (Wildman–Crippen MR) is 156 cm³/mol. The minimum absolute atomic E-state index is 0.0262. The zero-order valence-electron chi connectivity index (χ0n) is 23.5. The van der Waals surface area contributed by atoms with Crippen molar-refractivity contribution in [1.29, 1.82) is 0 Å². The van der Waals surface area contributed by atoms with Crippen molar-refractivity contribution in [3.8, 4) is 16.9 Å². The molecule has 1 aliphatic heterocycles. The van der Waals surface area contributed by atoms with E-state index in [-0.39, 0.29) is 29.5 Å². The summed E-state index contributed by atoms with van der Waals surface area (Å²) in [5, 5.41) is 11.0. The molecule has 5 aromatic rings. The van der Waals surface area contributed by atoms with Gasteiger partial charge in [0.1, 0.15) is 11.5 Å². The Hall–Kier alpha value is -4.38. The molecule has 0 radical (unpaired) electrons. The summed E-state index contributed by atoms with van der Waals surface area (Å²) in [6.45, 7) is 6.85. The summed E-state index contributed by atoms with van der Waals surface area (Å²) in [4.78, 5) is 33.8. The number of halogens is 1. The van der Waals surface area contributed by atoms with Gasteiger partial charge in [0.25, 0.3) is 5.91 Å². The van der Waals surface area contributed by atoms with Crippen molar-refractivity contribution in [2.45, 2.75) is 51.5 Å². The van der Waals surface area contributed by atoms with Crippen LogP contribution in [0, 0.1) is 5.82 Å². The SMILES string of the molecule is CCOC(=O)c1cnn(-c2ccc(-c3cc4nc(C(=O)N5CCc6sccc6[C@H]5C)cc(C5(C)CC5)n4n3)c(F)c2)c1. The van der Waals surface area contributed by atoms with Crippen LogP contribution < -0.4 is 0 Å². The maximum atomic E-state index is 15.5. The van der Waals surface area contributed by atoms with Crippen molar-refractivity contribution in [1.82, 2.24) is 29.3 Å². The van der Waals surface area contributed by atoms with Gasteiger partial charge < -0.3 is 9.64 Å². The van der Waals surface area contributed by atoms with Gasteiger partial charge in [-0.1, -0.05) is 6.92 Å². The van der Waals surface area contributed by atoms with Crippen LogP contribution in [0.3, 0.4) is 0 Å². The van der Waals surface area contributed by atoms with E-state index in [9.17, 15) is 9.59 Å². The first kappa shape index (κ1) is 26.5. The lowest BCUT2D eigenvalue weighted by molar-refractivity contribution is 0.0526. The van der Waals surface area contributed by atoms with Gasteiger partial charge in [-0.25, -0.2) is 23.4 Å². The molecule has 7 rings (SSSR count). The number of esters is 1. The number of thiophene rings is 1. The molecule has 0 N–H and O–H groups in total. The summed E-state index contributed by atoms with van der Waals surface area (Å²) in [5.41, 5.74) is 4.35. The van der Waals surface area contributed by atoms with Gasteiger partial charge in [0.05, 0.1) is 41.5 Å². The average molecular weight is 585 g/mol. The Labute approximate surface area is 245 Å². The normalized spacial score (nSPS) is 17.3. The van der Waals surface area contributed by atoms with Crippen molar-refractivity contribution in [3.05, 3.63) is 87.4 Å². The van der Waals surface area contributed by atoms with E-state index < -0.39 is 11.8 Å². The van der Waals surface area contributed by atoms with E-state index in [0.717, 1.165) is 25.0 Å². The Bertz CT molecular complexity index is 1870. The zero-order valence-corrected chi connectivity index (χ0v) is 24.3.